The summed E-state index contributed by atoms with van der Waals surface area (Å²) in [4.78, 5) is 0. The molecule has 392 valence electrons. The number of rotatable bonds is 24. The molecule has 4 heteroatoms. The van der Waals surface area contributed by atoms with Gasteiger partial charge in [0.1, 0.15) is 0 Å². The topological polar surface area (TPSA) is 36.9 Å². The Bertz CT molecular complexity index is 3350. The fourth-order valence-corrected chi connectivity index (χ4v) is 12.7. The molecular weight excluding hydrogens is 941 g/mol. The lowest BCUT2D eigenvalue weighted by Crippen LogP contribution is -2.30. The van der Waals surface area contributed by atoms with Crippen LogP contribution < -0.4 is 0 Å². The molecule has 0 radical (unpaired) electrons. The molecule has 0 unspecified atom stereocenters. The third-order valence-electron chi connectivity index (χ3n) is 16.7. The molecule has 0 saturated carbocycles. The Balaban J connectivity index is 1.21. The molecule has 0 heterocycles. The second kappa shape index (κ2) is 23.5. The van der Waals surface area contributed by atoms with Gasteiger partial charge in [-0.1, -0.05) is 217 Å². The maximum Gasteiger partial charge on any atom is 0.0716 e. The van der Waals surface area contributed by atoms with Gasteiger partial charge in [-0.2, -0.15) is 0 Å². The molecule has 0 fully saturated rings. The summed E-state index contributed by atoms with van der Waals surface area (Å²) in [7, 11) is 0. The number of ether oxygens (including phenoxy) is 4. The first-order chi connectivity index (χ1) is 37.9. The lowest BCUT2D eigenvalue weighted by atomic mass is 9.65. The Labute approximate surface area is 458 Å². The summed E-state index contributed by atoms with van der Waals surface area (Å²) < 4.78 is 24.9. The summed E-state index contributed by atoms with van der Waals surface area (Å²) in [5, 5.41) is 5.05. The molecule has 11 rings (SSSR count). The lowest BCUT2D eigenvalue weighted by molar-refractivity contribution is 0.118. The fourth-order valence-electron chi connectivity index (χ4n) is 12.7. The molecular formula is C73H76O4. The second-order valence-corrected chi connectivity index (χ2v) is 21.7. The van der Waals surface area contributed by atoms with Crippen LogP contribution in [0.25, 0.3) is 43.8 Å². The van der Waals surface area contributed by atoms with Gasteiger partial charge in [-0.25, -0.2) is 0 Å². The van der Waals surface area contributed by atoms with Crippen LogP contribution in [0.3, 0.4) is 0 Å². The van der Waals surface area contributed by atoms with Crippen molar-refractivity contribution in [3.8, 4) is 22.3 Å². The molecule has 0 amide bonds. The van der Waals surface area contributed by atoms with E-state index in [1.807, 2.05) is 0 Å². The van der Waals surface area contributed by atoms with Crippen molar-refractivity contribution in [1.82, 2.24) is 0 Å². The zero-order valence-corrected chi connectivity index (χ0v) is 46.2. The first-order valence-corrected chi connectivity index (χ1v) is 28.9. The monoisotopic (exact) mass is 1020 g/mol. The van der Waals surface area contributed by atoms with E-state index in [-0.39, 0.29) is 0 Å². The van der Waals surface area contributed by atoms with E-state index in [4.69, 9.17) is 18.9 Å². The molecule has 9 aromatic carbocycles. The highest BCUT2D eigenvalue weighted by Crippen LogP contribution is 2.64. The maximum absolute atomic E-state index is 6.22. The molecule has 77 heavy (non-hydrogen) atoms. The van der Waals surface area contributed by atoms with Crippen LogP contribution >= 0.6 is 0 Å². The zero-order valence-electron chi connectivity index (χ0n) is 46.2. The van der Waals surface area contributed by atoms with Gasteiger partial charge in [-0.3, -0.25) is 0 Å². The number of unbranched alkanes of at least 4 members (excludes halogenated alkanes) is 4. The summed E-state index contributed by atoms with van der Waals surface area (Å²) in [5.74, 6) is 0. The van der Waals surface area contributed by atoms with Crippen molar-refractivity contribution in [3.05, 3.63) is 248 Å². The van der Waals surface area contributed by atoms with E-state index in [2.05, 4.69) is 211 Å². The largest absolute Gasteiger partial charge is 0.377 e. The summed E-state index contributed by atoms with van der Waals surface area (Å²) >= 11 is 0. The van der Waals surface area contributed by atoms with Crippen molar-refractivity contribution in [1.29, 1.82) is 0 Å². The molecule has 0 atom stereocenters. The third kappa shape index (κ3) is 9.67. The summed E-state index contributed by atoms with van der Waals surface area (Å²) in [6.45, 7) is 16.6. The first kappa shape index (κ1) is 52.4. The normalized spacial score (nSPS) is 13.7. The molecule has 0 spiro atoms. The lowest BCUT2D eigenvalue weighted by Gasteiger charge is -2.36. The minimum absolute atomic E-state index is 0.593. The Morgan fingerprint density at radius 3 is 1.08 bits per heavy atom. The summed E-state index contributed by atoms with van der Waals surface area (Å²) in [6, 6.07) is 68.3. The van der Waals surface area contributed by atoms with Gasteiger partial charge in [-0.15, -0.1) is 0 Å². The molecule has 4 nitrogen and oxygen atoms in total. The number of fused-ring (bicyclic) bond motifs is 10. The van der Waals surface area contributed by atoms with Gasteiger partial charge in [0.2, 0.25) is 0 Å². The van der Waals surface area contributed by atoms with Gasteiger partial charge in [0, 0.05) is 26.4 Å². The van der Waals surface area contributed by atoms with Crippen LogP contribution in [0.4, 0.5) is 0 Å². The maximum atomic E-state index is 6.22. The molecule has 0 saturated heterocycles. The van der Waals surface area contributed by atoms with E-state index in [0.717, 1.165) is 77.8 Å². The van der Waals surface area contributed by atoms with Crippen molar-refractivity contribution in [2.45, 2.75) is 123 Å². The van der Waals surface area contributed by atoms with E-state index in [0.29, 0.717) is 26.4 Å². The fraction of sp³-hybridized carbons (Fsp3) is 0.315. The Morgan fingerprint density at radius 1 is 0.325 bits per heavy atom. The predicted molar refractivity (Wildman–Crippen MR) is 319 cm³/mol. The second-order valence-electron chi connectivity index (χ2n) is 21.7. The van der Waals surface area contributed by atoms with E-state index in [1.165, 1.54) is 116 Å². The van der Waals surface area contributed by atoms with Gasteiger partial charge in [-0.05, 0) is 161 Å². The quantitative estimate of drug-likeness (QED) is 0.0565. The predicted octanol–water partition coefficient (Wildman–Crippen LogP) is 18.3. The summed E-state index contributed by atoms with van der Waals surface area (Å²) in [5.41, 5.74) is 20.0. The minimum atomic E-state index is -0.674. The van der Waals surface area contributed by atoms with Crippen molar-refractivity contribution in [3.63, 3.8) is 0 Å². The van der Waals surface area contributed by atoms with Crippen molar-refractivity contribution < 1.29 is 18.9 Å². The van der Waals surface area contributed by atoms with Crippen LogP contribution in [-0.4, -0.2) is 26.4 Å². The van der Waals surface area contributed by atoms with Gasteiger partial charge < -0.3 is 18.9 Å². The number of aryl methyl sites for hydroxylation is 1. The van der Waals surface area contributed by atoms with Crippen LogP contribution in [0.2, 0.25) is 0 Å². The molecule has 0 N–H and O–H groups in total. The van der Waals surface area contributed by atoms with E-state index in [1.54, 1.807) is 0 Å². The number of benzene rings is 9. The molecule has 9 aromatic rings. The van der Waals surface area contributed by atoms with E-state index >= 15 is 0 Å². The first-order valence-electron chi connectivity index (χ1n) is 28.9. The Morgan fingerprint density at radius 2 is 0.675 bits per heavy atom. The smallest absolute Gasteiger partial charge is 0.0716 e. The summed E-state index contributed by atoms with van der Waals surface area (Å²) in [6.07, 6.45) is 8.70. The standard InChI is InChI=1S/C73H76O4/c1-6-10-40-74-47-52-22-31-57(32-23-52)72(58-33-24-53(25-34-58)48-75-41-11-7-2)66-39-30-56-18-14-15-20-62(56)70(66)64-45-68-65(46-67(64)72)71-63-21-17-16-19-61(63)51(5)44-69(71)73(68,59-35-26-54(27-36-59)49-76-42-12-8-3)60-37-28-55(29-38-60)50-77-43-13-9-4/h14-39,44-46H,6-13,40-43,47-50H2,1-5H3. The van der Waals surface area contributed by atoms with Gasteiger partial charge >= 0.3 is 0 Å². The van der Waals surface area contributed by atoms with Crippen LogP contribution in [0.1, 0.15) is 151 Å². The molecule has 0 bridgehead atoms. The van der Waals surface area contributed by atoms with Gasteiger partial charge in [0.15, 0.2) is 0 Å². The molecule has 2 aliphatic carbocycles. The average molecular weight is 1020 g/mol. The van der Waals surface area contributed by atoms with Crippen molar-refractivity contribution in [2.75, 3.05) is 26.4 Å². The van der Waals surface area contributed by atoms with Crippen molar-refractivity contribution in [2.24, 2.45) is 0 Å². The zero-order chi connectivity index (χ0) is 52.8. The van der Waals surface area contributed by atoms with E-state index in [9.17, 15) is 0 Å². The highest BCUT2D eigenvalue weighted by molar-refractivity contribution is 6.09. The SMILES string of the molecule is CCCCOCc1ccc(C2(c3ccc(COCCCC)cc3)c3cc4c(cc3-c3c2ccc2ccccc32)C(c2ccc(COCCCC)cc2)(c2ccc(COCCCC)cc2)c2cc(C)c3ccccc3c2-4)cc1. The molecule has 0 aliphatic heterocycles. The van der Waals surface area contributed by atoms with Crippen LogP contribution in [0.15, 0.2) is 176 Å². The van der Waals surface area contributed by atoms with Gasteiger partial charge in [0.05, 0.1) is 37.3 Å². The number of hydrogen-bond acceptors (Lipinski definition) is 4. The highest BCUT2D eigenvalue weighted by atomic mass is 16.5. The third-order valence-corrected chi connectivity index (χ3v) is 16.7. The van der Waals surface area contributed by atoms with Crippen LogP contribution in [0, 0.1) is 6.92 Å². The van der Waals surface area contributed by atoms with Crippen LogP contribution in [0.5, 0.6) is 0 Å². The number of hydrogen-bond donors (Lipinski definition) is 0. The Hall–Kier alpha value is -6.66. The Kier molecular flexibility index (Phi) is 16.0. The van der Waals surface area contributed by atoms with E-state index < -0.39 is 10.8 Å². The van der Waals surface area contributed by atoms with Gasteiger partial charge in [0.25, 0.3) is 0 Å². The van der Waals surface area contributed by atoms with Crippen LogP contribution in [-0.2, 0) is 56.2 Å². The average Bonchev–Trinajstić information content (AvgIpc) is 3.35. The molecule has 2 aliphatic rings. The molecule has 0 aromatic heterocycles. The highest BCUT2D eigenvalue weighted by Gasteiger charge is 2.52. The minimum Gasteiger partial charge on any atom is -0.377 e. The van der Waals surface area contributed by atoms with Crippen molar-refractivity contribution >= 4 is 21.5 Å².